The number of carbonyl (C=O) groups is 1. The molecule has 0 spiro atoms. The number of hydrogen-bond acceptors (Lipinski definition) is 5. The Morgan fingerprint density at radius 2 is 1.58 bits per heavy atom. The van der Waals surface area contributed by atoms with Crippen molar-refractivity contribution in [2.45, 2.75) is 4.90 Å². The summed E-state index contributed by atoms with van der Waals surface area (Å²) in [7, 11) is -2.99. The van der Waals surface area contributed by atoms with Crippen LogP contribution >= 0.6 is 0 Å². The van der Waals surface area contributed by atoms with E-state index < -0.39 is 16.1 Å². The molecule has 0 bridgehead atoms. The van der Waals surface area contributed by atoms with Gasteiger partial charge in [0.2, 0.25) is 0 Å². The fraction of sp³-hybridized carbons (Fsp3) is 0.0625. The van der Waals surface area contributed by atoms with Crippen molar-refractivity contribution in [3.8, 4) is 5.75 Å². The number of esters is 1. The van der Waals surface area contributed by atoms with Crippen LogP contribution in [-0.2, 0) is 14.9 Å². The Morgan fingerprint density at radius 1 is 1.04 bits per heavy atom. The van der Waals surface area contributed by atoms with Gasteiger partial charge in [0.05, 0.1) is 12.0 Å². The molecule has 0 unspecified atom stereocenters. The molecule has 0 atom stereocenters. The van der Waals surface area contributed by atoms with E-state index in [9.17, 15) is 18.3 Å². The molecular weight excluding hydrogens is 359 g/mol. The van der Waals surface area contributed by atoms with Crippen LogP contribution in [0.3, 0.4) is 0 Å². The molecule has 0 saturated carbocycles. The summed E-state index contributed by atoms with van der Waals surface area (Å²) in [5.41, 5.74) is 1.41. The third kappa shape index (κ3) is 5.52. The summed E-state index contributed by atoms with van der Waals surface area (Å²) in [5, 5.41) is 9.62. The van der Waals surface area contributed by atoms with E-state index in [1.807, 2.05) is 0 Å². The minimum atomic E-state index is -4.21. The smallest absolute Gasteiger partial charge is 0.507 e. The molecule has 0 aliphatic heterocycles. The van der Waals surface area contributed by atoms with Crippen molar-refractivity contribution >= 4 is 28.2 Å². The predicted octanol–water partition coefficient (Wildman–Crippen LogP) is -0.400. The number of hydrogen-bond donors (Lipinski definition) is 2. The average Bonchev–Trinajstić information content (AvgIpc) is 2.53. The van der Waals surface area contributed by atoms with Crippen LogP contribution in [0.5, 0.6) is 5.75 Å². The topological polar surface area (TPSA) is 101 Å². The number of benzene rings is 2. The van der Waals surface area contributed by atoms with Gasteiger partial charge < -0.3 is 9.84 Å². The second kappa shape index (κ2) is 8.91. The minimum absolute atomic E-state index is 0. The maximum absolute atomic E-state index is 11.5. The Kier molecular flexibility index (Phi) is 7.81. The van der Waals surface area contributed by atoms with E-state index in [0.29, 0.717) is 11.1 Å². The Morgan fingerprint density at radius 3 is 2.12 bits per heavy atom. The first kappa shape index (κ1) is 21.0. The van der Waals surface area contributed by atoms with Gasteiger partial charge in [0.15, 0.2) is 0 Å². The molecule has 0 fully saturated rings. The van der Waals surface area contributed by atoms with Crippen LogP contribution in [-0.4, -0.2) is 31.2 Å². The van der Waals surface area contributed by atoms with Crippen molar-refractivity contribution in [3.05, 3.63) is 59.2 Å². The zero-order valence-corrected chi connectivity index (χ0v) is 17.1. The van der Waals surface area contributed by atoms with Crippen molar-refractivity contribution in [1.29, 1.82) is 0 Å². The quantitative estimate of drug-likeness (QED) is 0.327. The summed E-state index contributed by atoms with van der Waals surface area (Å²) in [4.78, 5) is 11.3. The third-order valence-corrected chi connectivity index (χ3v) is 3.94. The Labute approximate surface area is 182 Å². The molecule has 24 heavy (non-hydrogen) atoms. The van der Waals surface area contributed by atoms with Crippen LogP contribution < -0.4 is 51.4 Å². The van der Waals surface area contributed by atoms with Crippen LogP contribution in [0, 0.1) is 0 Å². The van der Waals surface area contributed by atoms with E-state index in [-0.39, 0.29) is 67.6 Å². The maximum Gasteiger partial charge on any atom is 1.00 e. The van der Waals surface area contributed by atoms with Crippen LogP contribution in [0.2, 0.25) is 0 Å². The molecule has 2 rings (SSSR count). The molecule has 120 valence electrons. The first-order valence-corrected chi connectivity index (χ1v) is 7.92. The van der Waals surface area contributed by atoms with E-state index in [0.717, 1.165) is 0 Å². The molecule has 0 aliphatic rings. The van der Waals surface area contributed by atoms with E-state index >= 15 is 0 Å². The third-order valence-electron chi connectivity index (χ3n) is 3.07. The van der Waals surface area contributed by atoms with Gasteiger partial charge in [-0.1, -0.05) is 30.4 Å². The van der Waals surface area contributed by atoms with Gasteiger partial charge in [-0.3, -0.25) is 4.55 Å². The summed E-state index contributed by atoms with van der Waals surface area (Å²) in [6, 6.07) is 10.1. The van der Waals surface area contributed by atoms with Gasteiger partial charge in [-0.05, 0) is 35.4 Å². The normalized spacial score (nSPS) is 11.1. The van der Waals surface area contributed by atoms with Gasteiger partial charge in [0, 0.05) is 0 Å². The monoisotopic (exact) mass is 373 g/mol. The molecule has 2 N–H and O–H groups in total. The Bertz CT molecular complexity index is 857. The number of phenols is 1. The number of methoxy groups -OCH3 is 1. The largest absolute Gasteiger partial charge is 1.00 e. The van der Waals surface area contributed by atoms with Gasteiger partial charge in [-0.15, -0.1) is 0 Å². The summed E-state index contributed by atoms with van der Waals surface area (Å²) in [6.07, 6.45) is 3.38. The van der Waals surface area contributed by atoms with Gasteiger partial charge in [0.1, 0.15) is 11.3 Å². The summed E-state index contributed by atoms with van der Waals surface area (Å²) < 4.78 is 35.4. The molecule has 0 aromatic heterocycles. The zero-order valence-electron chi connectivity index (χ0n) is 13.1. The average molecular weight is 373 g/mol. The molecule has 0 saturated heterocycles. The molecule has 2 aromatic rings. The standard InChI is InChI=1S/C16H14O6S.K/c1-22-16(18)14-10-12(6-9-15(14)17)3-2-11-4-7-13(8-5-11)23(19,20)21;/h2-10,17H,1H3,(H,19,20,21);/q;+1/b3-2+;. The molecule has 0 aliphatic carbocycles. The fourth-order valence-corrected chi connectivity index (χ4v) is 2.35. The number of rotatable bonds is 4. The molecule has 2 aromatic carbocycles. The molecular formula is C16H14KO6S+. The Balaban J connectivity index is 0.00000288. The predicted molar refractivity (Wildman–Crippen MR) is 84.6 cm³/mol. The second-order valence-electron chi connectivity index (χ2n) is 4.65. The van der Waals surface area contributed by atoms with Gasteiger partial charge in [-0.25, -0.2) is 4.79 Å². The molecule has 0 amide bonds. The van der Waals surface area contributed by atoms with Crippen LogP contribution in [0.4, 0.5) is 0 Å². The maximum atomic E-state index is 11.5. The molecule has 6 nitrogen and oxygen atoms in total. The molecule has 0 heterocycles. The fourth-order valence-electron chi connectivity index (χ4n) is 1.87. The zero-order chi connectivity index (χ0) is 17.0. The molecule has 0 radical (unpaired) electrons. The number of ether oxygens (including phenoxy) is 1. The second-order valence-corrected chi connectivity index (χ2v) is 6.07. The van der Waals surface area contributed by atoms with Crippen molar-refractivity contribution in [2.75, 3.05) is 7.11 Å². The van der Waals surface area contributed by atoms with Gasteiger partial charge in [0.25, 0.3) is 10.1 Å². The van der Waals surface area contributed by atoms with Crippen molar-refractivity contribution < 1.29 is 79.0 Å². The van der Waals surface area contributed by atoms with Crippen LogP contribution in [0.1, 0.15) is 21.5 Å². The first-order valence-electron chi connectivity index (χ1n) is 6.48. The van der Waals surface area contributed by atoms with E-state index in [1.54, 1.807) is 18.2 Å². The van der Waals surface area contributed by atoms with E-state index in [1.165, 1.54) is 43.5 Å². The first-order chi connectivity index (χ1) is 10.8. The molecule has 8 heteroatoms. The number of aromatic hydroxyl groups is 1. The minimum Gasteiger partial charge on any atom is -0.507 e. The summed E-state index contributed by atoms with van der Waals surface area (Å²) >= 11 is 0. The summed E-state index contributed by atoms with van der Waals surface area (Å²) in [6.45, 7) is 0. The summed E-state index contributed by atoms with van der Waals surface area (Å²) in [5.74, 6) is -0.818. The SMILES string of the molecule is COC(=O)c1cc(/C=C/c2ccc(S(=O)(=O)O)cc2)ccc1O.[K+]. The van der Waals surface area contributed by atoms with Gasteiger partial charge in [-0.2, -0.15) is 8.42 Å². The van der Waals surface area contributed by atoms with Crippen molar-refractivity contribution in [2.24, 2.45) is 0 Å². The van der Waals surface area contributed by atoms with E-state index in [2.05, 4.69) is 4.74 Å². The van der Waals surface area contributed by atoms with E-state index in [4.69, 9.17) is 4.55 Å². The van der Waals surface area contributed by atoms with Crippen LogP contribution in [0.15, 0.2) is 47.4 Å². The Hall–Kier alpha value is -1.00. The van der Waals surface area contributed by atoms with Gasteiger partial charge >= 0.3 is 57.4 Å². The number of carbonyl (C=O) groups excluding carboxylic acids is 1. The van der Waals surface area contributed by atoms with Crippen molar-refractivity contribution in [1.82, 2.24) is 0 Å². The van der Waals surface area contributed by atoms with Crippen LogP contribution in [0.25, 0.3) is 12.2 Å². The number of phenolic OH excluding ortho intramolecular Hbond substituents is 1. The van der Waals surface area contributed by atoms with Crippen molar-refractivity contribution in [3.63, 3.8) is 0 Å².